The van der Waals surface area contributed by atoms with Crippen molar-refractivity contribution >= 4 is 27.5 Å². The van der Waals surface area contributed by atoms with E-state index in [-0.39, 0.29) is 22.5 Å². The first kappa shape index (κ1) is 22.4. The molecule has 0 bridgehead atoms. The van der Waals surface area contributed by atoms with E-state index >= 15 is 0 Å². The average Bonchev–Trinajstić information content (AvgIpc) is 2.94. The number of amides is 1. The predicted molar refractivity (Wildman–Crippen MR) is 126 cm³/mol. The summed E-state index contributed by atoms with van der Waals surface area (Å²) >= 11 is 1.49. The molecule has 1 atom stereocenters. The van der Waals surface area contributed by atoms with E-state index in [4.69, 9.17) is 0 Å². The second-order valence-corrected chi connectivity index (χ2v) is 11.2. The van der Waals surface area contributed by atoms with E-state index in [1.165, 1.54) is 18.0 Å². The van der Waals surface area contributed by atoms with Gasteiger partial charge in [0.15, 0.2) is 9.84 Å². The van der Waals surface area contributed by atoms with Gasteiger partial charge in [0.1, 0.15) is 5.75 Å². The molecule has 0 aliphatic carbocycles. The highest BCUT2D eigenvalue weighted by Crippen LogP contribution is 2.41. The van der Waals surface area contributed by atoms with Gasteiger partial charge in [0.2, 0.25) is 5.91 Å². The zero-order chi connectivity index (χ0) is 22.9. The Kier molecular flexibility index (Phi) is 6.31. The lowest BCUT2D eigenvalue weighted by Gasteiger charge is -2.25. The molecule has 32 heavy (non-hydrogen) atoms. The van der Waals surface area contributed by atoms with E-state index < -0.39 is 9.84 Å². The molecule has 1 heterocycles. The molecule has 0 spiro atoms. The molecule has 3 aromatic carbocycles. The van der Waals surface area contributed by atoms with Gasteiger partial charge in [0.25, 0.3) is 0 Å². The molecule has 0 radical (unpaired) electrons. The van der Waals surface area contributed by atoms with Crippen molar-refractivity contribution in [3.63, 3.8) is 0 Å². The molecule has 0 aromatic heterocycles. The largest absolute Gasteiger partial charge is 0.507 e. The SMILES string of the molecule is CC(=O)N1CCc2cc(Sc3ccccc3)c(O)cc2C(c2cccc(S(C)(=O)=O)c2)C1. The molecule has 1 aliphatic heterocycles. The quantitative estimate of drug-likeness (QED) is 0.612. The van der Waals surface area contributed by atoms with E-state index in [0.717, 1.165) is 26.5 Å². The Morgan fingerprint density at radius 3 is 2.50 bits per heavy atom. The number of phenolic OH excluding ortho intramolecular Hbond substituents is 1. The Morgan fingerprint density at radius 1 is 1.06 bits per heavy atom. The minimum absolute atomic E-state index is 0.0230. The van der Waals surface area contributed by atoms with Crippen molar-refractivity contribution in [2.24, 2.45) is 0 Å². The van der Waals surface area contributed by atoms with Crippen molar-refractivity contribution in [1.82, 2.24) is 4.90 Å². The van der Waals surface area contributed by atoms with Crippen LogP contribution in [0.25, 0.3) is 0 Å². The minimum Gasteiger partial charge on any atom is -0.507 e. The van der Waals surface area contributed by atoms with Crippen LogP contribution in [-0.2, 0) is 21.1 Å². The number of hydrogen-bond donors (Lipinski definition) is 1. The molecule has 166 valence electrons. The third-order valence-corrected chi connectivity index (χ3v) is 7.92. The summed E-state index contributed by atoms with van der Waals surface area (Å²) in [6, 6.07) is 20.5. The molecule has 1 amide bonds. The van der Waals surface area contributed by atoms with Crippen LogP contribution in [0.15, 0.2) is 81.4 Å². The Balaban J connectivity index is 1.80. The Bertz CT molecular complexity index is 1260. The standard InChI is InChI=1S/C25H25NO4S2/c1-17(27)26-12-11-19-14-25(31-20-8-4-3-5-9-20)24(28)15-22(19)23(16-26)18-7-6-10-21(13-18)32(2,29)30/h3-10,13-15,23,28H,11-12,16H2,1-2H3. The van der Waals surface area contributed by atoms with Crippen LogP contribution in [0.3, 0.4) is 0 Å². The third-order valence-electron chi connectivity index (χ3n) is 5.76. The lowest BCUT2D eigenvalue weighted by Crippen LogP contribution is -2.33. The number of nitrogens with zero attached hydrogens (tertiary/aromatic N) is 1. The lowest BCUT2D eigenvalue weighted by molar-refractivity contribution is -0.128. The van der Waals surface area contributed by atoms with Crippen molar-refractivity contribution in [3.8, 4) is 5.75 Å². The van der Waals surface area contributed by atoms with Crippen molar-refractivity contribution in [2.45, 2.75) is 33.9 Å². The zero-order valence-electron chi connectivity index (χ0n) is 18.0. The normalized spacial score (nSPS) is 16.3. The van der Waals surface area contributed by atoms with Crippen molar-refractivity contribution in [2.75, 3.05) is 19.3 Å². The van der Waals surface area contributed by atoms with E-state index in [0.29, 0.717) is 19.5 Å². The summed E-state index contributed by atoms with van der Waals surface area (Å²) < 4.78 is 24.2. The predicted octanol–water partition coefficient (Wildman–Crippen LogP) is 4.48. The number of fused-ring (bicyclic) bond motifs is 1. The van der Waals surface area contributed by atoms with Gasteiger partial charge in [-0.15, -0.1) is 0 Å². The summed E-state index contributed by atoms with van der Waals surface area (Å²) in [5, 5.41) is 10.8. The maximum atomic E-state index is 12.3. The Hall–Kier alpha value is -2.77. The van der Waals surface area contributed by atoms with Gasteiger partial charge in [0, 0.05) is 37.1 Å². The molecule has 1 unspecified atom stereocenters. The highest BCUT2D eigenvalue weighted by Gasteiger charge is 2.28. The minimum atomic E-state index is -3.36. The Labute approximate surface area is 193 Å². The van der Waals surface area contributed by atoms with Crippen LogP contribution in [0.1, 0.15) is 29.5 Å². The number of carbonyl (C=O) groups excluding carboxylic acids is 1. The number of hydrogen-bond acceptors (Lipinski definition) is 5. The maximum absolute atomic E-state index is 12.3. The molecule has 1 aliphatic rings. The summed E-state index contributed by atoms with van der Waals surface area (Å²) in [5.74, 6) is -0.0805. The van der Waals surface area contributed by atoms with Gasteiger partial charge in [-0.3, -0.25) is 4.79 Å². The van der Waals surface area contributed by atoms with Crippen LogP contribution in [0.2, 0.25) is 0 Å². The molecule has 0 saturated heterocycles. The van der Waals surface area contributed by atoms with Crippen LogP contribution in [0.5, 0.6) is 5.75 Å². The number of aromatic hydroxyl groups is 1. The van der Waals surface area contributed by atoms with Gasteiger partial charge in [-0.05, 0) is 59.5 Å². The number of sulfone groups is 1. The van der Waals surface area contributed by atoms with Gasteiger partial charge >= 0.3 is 0 Å². The first-order chi connectivity index (χ1) is 15.2. The summed E-state index contributed by atoms with van der Waals surface area (Å²) in [7, 11) is -3.36. The van der Waals surface area contributed by atoms with Gasteiger partial charge in [-0.1, -0.05) is 42.1 Å². The summed E-state index contributed by atoms with van der Waals surface area (Å²) in [4.78, 5) is 16.1. The van der Waals surface area contributed by atoms with Gasteiger partial charge in [-0.2, -0.15) is 0 Å². The molecule has 0 fully saturated rings. The van der Waals surface area contributed by atoms with Crippen molar-refractivity contribution in [3.05, 3.63) is 83.4 Å². The number of rotatable bonds is 4. The zero-order valence-corrected chi connectivity index (χ0v) is 19.6. The average molecular weight is 468 g/mol. The second-order valence-electron chi connectivity index (χ2n) is 8.05. The van der Waals surface area contributed by atoms with Crippen LogP contribution < -0.4 is 0 Å². The molecule has 4 rings (SSSR count). The fourth-order valence-electron chi connectivity index (χ4n) is 4.06. The smallest absolute Gasteiger partial charge is 0.219 e. The van der Waals surface area contributed by atoms with Crippen LogP contribution in [0, 0.1) is 0 Å². The Morgan fingerprint density at radius 2 is 1.81 bits per heavy atom. The number of carbonyl (C=O) groups is 1. The first-order valence-electron chi connectivity index (χ1n) is 10.4. The lowest BCUT2D eigenvalue weighted by atomic mass is 9.88. The maximum Gasteiger partial charge on any atom is 0.219 e. The van der Waals surface area contributed by atoms with Crippen LogP contribution in [0.4, 0.5) is 0 Å². The number of benzene rings is 3. The van der Waals surface area contributed by atoms with Crippen LogP contribution >= 0.6 is 11.8 Å². The van der Waals surface area contributed by atoms with E-state index in [1.807, 2.05) is 42.5 Å². The first-order valence-corrected chi connectivity index (χ1v) is 13.1. The van der Waals surface area contributed by atoms with Crippen molar-refractivity contribution in [1.29, 1.82) is 0 Å². The molecule has 5 nitrogen and oxygen atoms in total. The van der Waals surface area contributed by atoms with E-state index in [9.17, 15) is 18.3 Å². The molecular weight excluding hydrogens is 442 g/mol. The fraction of sp³-hybridized carbons (Fsp3) is 0.240. The topological polar surface area (TPSA) is 74.7 Å². The fourth-order valence-corrected chi connectivity index (χ4v) is 5.65. The third kappa shape index (κ3) is 4.84. The van der Waals surface area contributed by atoms with Crippen LogP contribution in [-0.4, -0.2) is 43.7 Å². The van der Waals surface area contributed by atoms with Gasteiger partial charge in [0.05, 0.1) is 9.79 Å². The highest BCUT2D eigenvalue weighted by atomic mass is 32.2. The number of phenols is 1. The molecular formula is C25H25NO4S2. The molecule has 3 aromatic rings. The summed E-state index contributed by atoms with van der Waals surface area (Å²) in [5.41, 5.74) is 2.79. The van der Waals surface area contributed by atoms with E-state index in [1.54, 1.807) is 36.1 Å². The highest BCUT2D eigenvalue weighted by molar-refractivity contribution is 7.99. The van der Waals surface area contributed by atoms with Gasteiger partial charge < -0.3 is 10.0 Å². The summed E-state index contributed by atoms with van der Waals surface area (Å²) in [6.45, 7) is 2.55. The molecule has 1 N–H and O–H groups in total. The van der Waals surface area contributed by atoms with Crippen molar-refractivity contribution < 1.29 is 18.3 Å². The van der Waals surface area contributed by atoms with Gasteiger partial charge in [-0.25, -0.2) is 8.42 Å². The van der Waals surface area contributed by atoms with E-state index in [2.05, 4.69) is 0 Å². The second kappa shape index (κ2) is 9.00. The summed E-state index contributed by atoms with van der Waals surface area (Å²) in [6.07, 6.45) is 1.85. The molecule has 0 saturated carbocycles. The monoisotopic (exact) mass is 467 g/mol. The molecule has 7 heteroatoms.